The highest BCUT2D eigenvalue weighted by Crippen LogP contribution is 2.17. The number of amides is 2. The summed E-state index contributed by atoms with van der Waals surface area (Å²) < 4.78 is 1.47. The van der Waals surface area contributed by atoms with E-state index in [9.17, 15) is 9.59 Å². The minimum absolute atomic E-state index is 0.105. The normalized spacial score (nSPS) is 11.8. The summed E-state index contributed by atoms with van der Waals surface area (Å²) in [7, 11) is 0. The number of primary amides is 1. The van der Waals surface area contributed by atoms with Gasteiger partial charge < -0.3 is 11.1 Å². The molecule has 7 nitrogen and oxygen atoms in total. The molecule has 0 aliphatic rings. The van der Waals surface area contributed by atoms with Gasteiger partial charge in [0.25, 0.3) is 11.8 Å². The van der Waals surface area contributed by atoms with Crippen molar-refractivity contribution >= 4 is 11.8 Å². The van der Waals surface area contributed by atoms with Gasteiger partial charge in [0.2, 0.25) is 0 Å². The van der Waals surface area contributed by atoms with Gasteiger partial charge in [-0.05, 0) is 43.2 Å². The summed E-state index contributed by atoms with van der Waals surface area (Å²) in [5.74, 6) is -0.734. The van der Waals surface area contributed by atoms with Gasteiger partial charge >= 0.3 is 0 Å². The van der Waals surface area contributed by atoms with Crippen LogP contribution in [-0.4, -0.2) is 26.8 Å². The summed E-state index contributed by atoms with van der Waals surface area (Å²) in [6.45, 7) is 3.83. The molecule has 1 heterocycles. The first kappa shape index (κ1) is 17.3. The third-order valence-corrected chi connectivity index (χ3v) is 4.14. The van der Waals surface area contributed by atoms with Crippen LogP contribution in [0.5, 0.6) is 0 Å². The van der Waals surface area contributed by atoms with E-state index in [0.717, 1.165) is 16.8 Å². The number of nitrogens with one attached hydrogen (secondary N) is 1. The zero-order chi connectivity index (χ0) is 18.7. The maximum Gasteiger partial charge on any atom is 0.270 e. The van der Waals surface area contributed by atoms with E-state index in [1.54, 1.807) is 0 Å². The Bertz CT molecular complexity index is 947. The van der Waals surface area contributed by atoms with Gasteiger partial charge in [-0.1, -0.05) is 35.5 Å². The van der Waals surface area contributed by atoms with Gasteiger partial charge in [-0.25, -0.2) is 4.68 Å². The number of carbonyl (C=O) groups is 2. The van der Waals surface area contributed by atoms with Crippen LogP contribution >= 0.6 is 0 Å². The van der Waals surface area contributed by atoms with Crippen LogP contribution in [0.1, 0.15) is 44.9 Å². The molecule has 0 unspecified atom stereocenters. The van der Waals surface area contributed by atoms with Crippen molar-refractivity contribution < 1.29 is 9.59 Å². The largest absolute Gasteiger partial charge is 0.364 e. The van der Waals surface area contributed by atoms with E-state index < -0.39 is 5.91 Å². The topological polar surface area (TPSA) is 103 Å². The fraction of sp³-hybridized carbons (Fsp3) is 0.158. The molecule has 3 N–H and O–H groups in total. The summed E-state index contributed by atoms with van der Waals surface area (Å²) in [6, 6.07) is 14.8. The van der Waals surface area contributed by atoms with Crippen molar-refractivity contribution in [2.24, 2.45) is 5.73 Å². The number of nitrogens with zero attached hydrogens (tertiary/aromatic N) is 3. The molecule has 26 heavy (non-hydrogen) atoms. The molecule has 3 aromatic rings. The first-order valence-electron chi connectivity index (χ1n) is 8.14. The van der Waals surface area contributed by atoms with E-state index in [-0.39, 0.29) is 17.6 Å². The van der Waals surface area contributed by atoms with Crippen molar-refractivity contribution in [3.05, 3.63) is 77.1 Å². The molecule has 3 rings (SSSR count). The van der Waals surface area contributed by atoms with Crippen LogP contribution in [0.3, 0.4) is 0 Å². The lowest BCUT2D eigenvalue weighted by atomic mass is 10.1. The Labute approximate surface area is 150 Å². The minimum Gasteiger partial charge on any atom is -0.364 e. The Morgan fingerprint density at radius 1 is 1.12 bits per heavy atom. The smallest absolute Gasteiger partial charge is 0.270 e. The van der Waals surface area contributed by atoms with Crippen molar-refractivity contribution in [2.45, 2.75) is 19.9 Å². The number of aromatic nitrogens is 3. The van der Waals surface area contributed by atoms with Crippen molar-refractivity contribution in [1.29, 1.82) is 0 Å². The van der Waals surface area contributed by atoms with Crippen LogP contribution < -0.4 is 11.1 Å². The van der Waals surface area contributed by atoms with Crippen LogP contribution in [0.25, 0.3) is 5.69 Å². The number of nitrogens with two attached hydrogens (primary N) is 1. The summed E-state index contributed by atoms with van der Waals surface area (Å²) in [4.78, 5) is 23.5. The second kappa shape index (κ2) is 7.18. The Kier molecular flexibility index (Phi) is 4.79. The number of hydrogen-bond acceptors (Lipinski definition) is 4. The van der Waals surface area contributed by atoms with E-state index in [1.165, 1.54) is 10.9 Å². The molecule has 2 aromatic carbocycles. The third-order valence-electron chi connectivity index (χ3n) is 4.14. The molecule has 7 heteroatoms. The highest BCUT2D eigenvalue weighted by Gasteiger charge is 2.13. The van der Waals surface area contributed by atoms with Crippen LogP contribution in [0, 0.1) is 6.92 Å². The van der Waals surface area contributed by atoms with Crippen LogP contribution in [0.4, 0.5) is 0 Å². The zero-order valence-corrected chi connectivity index (χ0v) is 14.5. The number of aryl methyl sites for hydroxylation is 1. The lowest BCUT2D eigenvalue weighted by molar-refractivity contribution is 0.0938. The molecule has 132 valence electrons. The quantitative estimate of drug-likeness (QED) is 0.737. The number of hydrogen-bond donors (Lipinski definition) is 2. The van der Waals surface area contributed by atoms with Gasteiger partial charge in [0, 0.05) is 5.56 Å². The van der Waals surface area contributed by atoms with E-state index >= 15 is 0 Å². The van der Waals surface area contributed by atoms with E-state index in [0.29, 0.717) is 5.56 Å². The Morgan fingerprint density at radius 2 is 1.81 bits per heavy atom. The molecule has 0 aliphatic carbocycles. The molecular weight excluding hydrogens is 330 g/mol. The highest BCUT2D eigenvalue weighted by molar-refractivity contribution is 5.95. The van der Waals surface area contributed by atoms with E-state index in [4.69, 9.17) is 5.73 Å². The molecule has 0 aliphatic heterocycles. The third kappa shape index (κ3) is 3.61. The fourth-order valence-corrected chi connectivity index (χ4v) is 2.60. The van der Waals surface area contributed by atoms with Gasteiger partial charge in [0.15, 0.2) is 5.69 Å². The summed E-state index contributed by atoms with van der Waals surface area (Å²) in [5.41, 5.74) is 8.57. The van der Waals surface area contributed by atoms with Gasteiger partial charge in [0.05, 0.1) is 17.9 Å². The molecule has 1 aromatic heterocycles. The summed E-state index contributed by atoms with van der Waals surface area (Å²) in [6.07, 6.45) is 1.47. The Balaban J connectivity index is 1.72. The minimum atomic E-state index is -0.625. The van der Waals surface area contributed by atoms with Crippen LogP contribution in [0.15, 0.2) is 54.7 Å². The van der Waals surface area contributed by atoms with Crippen molar-refractivity contribution in [1.82, 2.24) is 20.3 Å². The Hall–Kier alpha value is -3.48. The molecule has 0 bridgehead atoms. The maximum absolute atomic E-state index is 12.4. The lowest BCUT2D eigenvalue weighted by Crippen LogP contribution is -2.27. The predicted octanol–water partition coefficient (Wildman–Crippen LogP) is 2.17. The maximum atomic E-state index is 12.4. The first-order valence-corrected chi connectivity index (χ1v) is 8.14. The summed E-state index contributed by atoms with van der Waals surface area (Å²) in [5, 5.41) is 10.6. The second-order valence-corrected chi connectivity index (χ2v) is 6.01. The van der Waals surface area contributed by atoms with Crippen molar-refractivity contribution in [3.8, 4) is 5.69 Å². The average Bonchev–Trinajstić information content (AvgIpc) is 3.12. The first-order chi connectivity index (χ1) is 12.5. The van der Waals surface area contributed by atoms with E-state index in [2.05, 4.69) is 15.6 Å². The Morgan fingerprint density at radius 3 is 2.42 bits per heavy atom. The number of benzene rings is 2. The lowest BCUT2D eigenvalue weighted by Gasteiger charge is -2.15. The molecule has 0 saturated carbocycles. The summed E-state index contributed by atoms with van der Waals surface area (Å²) >= 11 is 0. The fourth-order valence-electron chi connectivity index (χ4n) is 2.60. The number of carbonyl (C=O) groups excluding carboxylic acids is 2. The molecule has 2 amide bonds. The second-order valence-electron chi connectivity index (χ2n) is 6.01. The zero-order valence-electron chi connectivity index (χ0n) is 14.5. The predicted molar refractivity (Wildman–Crippen MR) is 96.9 cm³/mol. The molecule has 1 atom stereocenters. The molecule has 0 saturated heterocycles. The highest BCUT2D eigenvalue weighted by atomic mass is 16.2. The van der Waals surface area contributed by atoms with Crippen LogP contribution in [-0.2, 0) is 0 Å². The van der Waals surface area contributed by atoms with Gasteiger partial charge in [-0.15, -0.1) is 5.10 Å². The van der Waals surface area contributed by atoms with E-state index in [1.807, 2.05) is 62.4 Å². The number of rotatable bonds is 5. The molecule has 0 radical (unpaired) electrons. The van der Waals surface area contributed by atoms with Crippen LogP contribution in [0.2, 0.25) is 0 Å². The molecular formula is C19H19N5O2. The van der Waals surface area contributed by atoms with Gasteiger partial charge in [-0.3, -0.25) is 9.59 Å². The van der Waals surface area contributed by atoms with Gasteiger partial charge in [-0.2, -0.15) is 0 Å². The average molecular weight is 349 g/mol. The monoisotopic (exact) mass is 349 g/mol. The van der Waals surface area contributed by atoms with Crippen molar-refractivity contribution in [3.63, 3.8) is 0 Å². The van der Waals surface area contributed by atoms with Gasteiger partial charge in [0.1, 0.15) is 0 Å². The molecule has 0 fully saturated rings. The molecule has 0 spiro atoms. The van der Waals surface area contributed by atoms with Crippen molar-refractivity contribution in [2.75, 3.05) is 0 Å². The standard InChI is InChI=1S/C19H19N5O2/c1-12-5-3-4-6-16(12)19(26)21-13(2)14-7-9-15(10-8-14)24-11-17(18(20)25)22-23-24/h3-11,13H,1-2H3,(H2,20,25)(H,21,26)/t13-/m0/s1. The SMILES string of the molecule is Cc1ccccc1C(=O)N[C@@H](C)c1ccc(-n2cc(C(N)=O)nn2)cc1.